The third-order valence-electron chi connectivity index (χ3n) is 4.12. The molecule has 158 valence electrons. The van der Waals surface area contributed by atoms with Crippen molar-refractivity contribution in [1.82, 2.24) is 15.1 Å². The van der Waals surface area contributed by atoms with Crippen molar-refractivity contribution < 1.29 is 9.53 Å². The van der Waals surface area contributed by atoms with E-state index in [2.05, 4.69) is 10.3 Å². The third-order valence-corrected chi connectivity index (χ3v) is 4.37. The lowest BCUT2D eigenvalue weighted by Crippen LogP contribution is -2.38. The Hall–Kier alpha value is -2.00. The SMILES string of the molecule is CN=C(NCc1cccc(OCC(=O)N(C)C)c1)N(C)Cc1ccc(Cl)cc1.I. The topological polar surface area (TPSA) is 57.2 Å². The second-order valence-corrected chi connectivity index (χ2v) is 7.04. The number of nitrogens with zero attached hydrogens (tertiary/aromatic N) is 3. The zero-order valence-corrected chi connectivity index (χ0v) is 20.3. The second kappa shape index (κ2) is 12.5. The fourth-order valence-corrected chi connectivity index (χ4v) is 2.65. The molecule has 0 spiro atoms. The number of rotatable bonds is 7. The quantitative estimate of drug-likeness (QED) is 0.337. The predicted molar refractivity (Wildman–Crippen MR) is 129 cm³/mol. The number of carbonyl (C=O) groups excluding carboxylic acids is 1. The van der Waals surface area contributed by atoms with Gasteiger partial charge in [0.25, 0.3) is 5.91 Å². The Bertz CT molecular complexity index is 813. The molecule has 0 heterocycles. The normalized spacial score (nSPS) is 10.7. The molecule has 0 saturated heterocycles. The van der Waals surface area contributed by atoms with Gasteiger partial charge in [0, 0.05) is 46.3 Å². The summed E-state index contributed by atoms with van der Waals surface area (Å²) < 4.78 is 5.57. The lowest BCUT2D eigenvalue weighted by atomic mass is 10.2. The third kappa shape index (κ3) is 8.49. The van der Waals surface area contributed by atoms with Crippen molar-refractivity contribution in [3.05, 3.63) is 64.7 Å². The largest absolute Gasteiger partial charge is 0.484 e. The van der Waals surface area contributed by atoms with Crippen LogP contribution >= 0.6 is 35.6 Å². The van der Waals surface area contributed by atoms with Crippen LogP contribution in [0.2, 0.25) is 5.02 Å². The highest BCUT2D eigenvalue weighted by atomic mass is 127. The fourth-order valence-electron chi connectivity index (χ4n) is 2.52. The number of ether oxygens (including phenoxy) is 1. The number of aliphatic imine (C=N–C) groups is 1. The molecule has 0 aromatic heterocycles. The number of halogens is 2. The first-order valence-electron chi connectivity index (χ1n) is 8.97. The number of amides is 1. The molecule has 8 heteroatoms. The Balaban J connectivity index is 0.00000420. The Kier molecular flexibility index (Phi) is 10.8. The molecule has 0 aliphatic heterocycles. The molecule has 29 heavy (non-hydrogen) atoms. The lowest BCUT2D eigenvalue weighted by Gasteiger charge is -2.22. The summed E-state index contributed by atoms with van der Waals surface area (Å²) in [5.74, 6) is 1.37. The molecule has 0 unspecified atom stereocenters. The Morgan fingerprint density at radius 2 is 1.79 bits per heavy atom. The first kappa shape index (κ1) is 25.0. The van der Waals surface area contributed by atoms with Gasteiger partial charge >= 0.3 is 0 Å². The average molecular weight is 531 g/mol. The molecular weight excluding hydrogens is 503 g/mol. The van der Waals surface area contributed by atoms with Crippen molar-refractivity contribution in [2.24, 2.45) is 4.99 Å². The van der Waals surface area contributed by atoms with E-state index in [9.17, 15) is 4.79 Å². The maximum absolute atomic E-state index is 11.7. The standard InChI is InChI=1S/C21H27ClN4O2.HI/c1-23-21(26(4)14-16-8-10-18(22)11-9-16)24-13-17-6-5-7-19(12-17)28-15-20(27)25(2)3;/h5-12H,13-15H2,1-4H3,(H,23,24);1H. The molecule has 0 saturated carbocycles. The molecule has 0 aliphatic rings. The lowest BCUT2D eigenvalue weighted by molar-refractivity contribution is -0.130. The summed E-state index contributed by atoms with van der Waals surface area (Å²) in [4.78, 5) is 19.5. The monoisotopic (exact) mass is 530 g/mol. The Labute approximate surface area is 194 Å². The summed E-state index contributed by atoms with van der Waals surface area (Å²) in [6, 6.07) is 15.4. The predicted octanol–water partition coefficient (Wildman–Crippen LogP) is 3.63. The maximum Gasteiger partial charge on any atom is 0.259 e. The number of hydrogen-bond acceptors (Lipinski definition) is 3. The first-order valence-corrected chi connectivity index (χ1v) is 9.35. The summed E-state index contributed by atoms with van der Waals surface area (Å²) >= 11 is 5.94. The van der Waals surface area contributed by atoms with Gasteiger partial charge in [0.1, 0.15) is 5.75 Å². The molecular formula is C21H28ClIN4O2. The number of guanidine groups is 1. The fraction of sp³-hybridized carbons (Fsp3) is 0.333. The van der Waals surface area contributed by atoms with Crippen LogP contribution in [0.15, 0.2) is 53.5 Å². The number of benzene rings is 2. The molecule has 1 amide bonds. The van der Waals surface area contributed by atoms with Gasteiger partial charge in [-0.25, -0.2) is 0 Å². The van der Waals surface area contributed by atoms with Crippen molar-refractivity contribution >= 4 is 47.4 Å². The van der Waals surface area contributed by atoms with Crippen LogP contribution in [0.3, 0.4) is 0 Å². The van der Waals surface area contributed by atoms with Crippen molar-refractivity contribution in [2.75, 3.05) is 34.8 Å². The molecule has 2 aromatic rings. The highest BCUT2D eigenvalue weighted by Crippen LogP contribution is 2.14. The van der Waals surface area contributed by atoms with Gasteiger partial charge in [-0.15, -0.1) is 24.0 Å². The molecule has 2 rings (SSSR count). The van der Waals surface area contributed by atoms with Crippen LogP contribution in [0.25, 0.3) is 0 Å². The number of nitrogens with one attached hydrogen (secondary N) is 1. The van der Waals surface area contributed by atoms with E-state index in [0.29, 0.717) is 18.8 Å². The molecule has 1 N–H and O–H groups in total. The van der Waals surface area contributed by atoms with Gasteiger partial charge in [0.2, 0.25) is 0 Å². The van der Waals surface area contributed by atoms with Gasteiger partial charge in [-0.05, 0) is 35.4 Å². The van der Waals surface area contributed by atoms with Crippen LogP contribution in [0.5, 0.6) is 5.75 Å². The maximum atomic E-state index is 11.7. The van der Waals surface area contributed by atoms with E-state index in [4.69, 9.17) is 16.3 Å². The Morgan fingerprint density at radius 1 is 1.10 bits per heavy atom. The minimum absolute atomic E-state index is 0. The molecule has 0 bridgehead atoms. The summed E-state index contributed by atoms with van der Waals surface area (Å²) in [6.45, 7) is 1.33. The van der Waals surface area contributed by atoms with Gasteiger partial charge in [0.15, 0.2) is 12.6 Å². The highest BCUT2D eigenvalue weighted by molar-refractivity contribution is 14.0. The van der Waals surface area contributed by atoms with Crippen LogP contribution in [0, 0.1) is 0 Å². The van der Waals surface area contributed by atoms with Gasteiger partial charge < -0.3 is 19.9 Å². The van der Waals surface area contributed by atoms with Gasteiger partial charge in [-0.3, -0.25) is 9.79 Å². The van der Waals surface area contributed by atoms with Crippen LogP contribution in [-0.4, -0.2) is 56.5 Å². The van der Waals surface area contributed by atoms with Crippen LogP contribution < -0.4 is 10.1 Å². The molecule has 6 nitrogen and oxygen atoms in total. The summed E-state index contributed by atoms with van der Waals surface area (Å²) in [7, 11) is 7.15. The molecule has 0 radical (unpaired) electrons. The van der Waals surface area contributed by atoms with Gasteiger partial charge in [-0.2, -0.15) is 0 Å². The molecule has 0 atom stereocenters. The van der Waals surface area contributed by atoms with E-state index in [0.717, 1.165) is 22.1 Å². The Morgan fingerprint density at radius 3 is 2.41 bits per heavy atom. The highest BCUT2D eigenvalue weighted by Gasteiger charge is 2.08. The summed E-state index contributed by atoms with van der Waals surface area (Å²) in [5, 5.41) is 4.07. The average Bonchev–Trinajstić information content (AvgIpc) is 2.68. The van der Waals surface area contributed by atoms with Crippen LogP contribution in [-0.2, 0) is 17.9 Å². The smallest absolute Gasteiger partial charge is 0.259 e. The van der Waals surface area contributed by atoms with Crippen molar-refractivity contribution in [2.45, 2.75) is 13.1 Å². The molecule has 0 fully saturated rings. The second-order valence-electron chi connectivity index (χ2n) is 6.61. The minimum atomic E-state index is -0.0762. The number of carbonyl (C=O) groups is 1. The van der Waals surface area contributed by atoms with Crippen molar-refractivity contribution in [3.63, 3.8) is 0 Å². The van der Waals surface area contributed by atoms with E-state index in [-0.39, 0.29) is 36.5 Å². The van der Waals surface area contributed by atoms with Crippen molar-refractivity contribution in [3.8, 4) is 5.75 Å². The van der Waals surface area contributed by atoms with E-state index in [1.165, 1.54) is 4.90 Å². The molecule has 0 aliphatic carbocycles. The zero-order valence-electron chi connectivity index (χ0n) is 17.2. The van der Waals surface area contributed by atoms with E-state index in [1.807, 2.05) is 60.5 Å². The van der Waals surface area contributed by atoms with Crippen molar-refractivity contribution in [1.29, 1.82) is 0 Å². The number of hydrogen-bond donors (Lipinski definition) is 1. The zero-order chi connectivity index (χ0) is 20.5. The van der Waals surface area contributed by atoms with E-state index in [1.54, 1.807) is 21.1 Å². The van der Waals surface area contributed by atoms with E-state index < -0.39 is 0 Å². The summed E-state index contributed by atoms with van der Waals surface area (Å²) in [6.07, 6.45) is 0. The summed E-state index contributed by atoms with van der Waals surface area (Å²) in [5.41, 5.74) is 2.19. The van der Waals surface area contributed by atoms with Crippen LogP contribution in [0.4, 0.5) is 0 Å². The van der Waals surface area contributed by atoms with E-state index >= 15 is 0 Å². The molecule has 2 aromatic carbocycles. The number of likely N-dealkylation sites (N-methyl/N-ethyl adjacent to an activating group) is 1. The van der Waals surface area contributed by atoms with Crippen LogP contribution in [0.1, 0.15) is 11.1 Å². The van der Waals surface area contributed by atoms with Gasteiger partial charge in [-0.1, -0.05) is 35.9 Å². The first-order chi connectivity index (χ1) is 13.4. The van der Waals surface area contributed by atoms with Gasteiger partial charge in [0.05, 0.1) is 0 Å². The minimum Gasteiger partial charge on any atom is -0.484 e.